The molecule has 1 amide bonds. The third-order valence-corrected chi connectivity index (χ3v) is 5.27. The Hall–Kier alpha value is -2.38. The van der Waals surface area contributed by atoms with Crippen molar-refractivity contribution in [3.63, 3.8) is 0 Å². The second-order valence-electron chi connectivity index (χ2n) is 5.79. The minimum absolute atomic E-state index is 0.0358. The Morgan fingerprint density at radius 2 is 2.00 bits per heavy atom. The van der Waals surface area contributed by atoms with E-state index in [2.05, 4.69) is 15.5 Å². The van der Waals surface area contributed by atoms with Crippen molar-refractivity contribution in [3.05, 3.63) is 59.4 Å². The van der Waals surface area contributed by atoms with Gasteiger partial charge >= 0.3 is 0 Å². The lowest BCUT2D eigenvalue weighted by molar-refractivity contribution is -0.115. The normalized spacial score (nSPS) is 12.0. The van der Waals surface area contributed by atoms with E-state index in [4.69, 9.17) is 11.6 Å². The highest BCUT2D eigenvalue weighted by molar-refractivity contribution is 8.00. The molecule has 8 heteroatoms. The van der Waals surface area contributed by atoms with Gasteiger partial charge in [0.05, 0.1) is 10.3 Å². The summed E-state index contributed by atoms with van der Waals surface area (Å²) < 4.78 is 15.2. The highest BCUT2D eigenvalue weighted by atomic mass is 35.5. The molecule has 1 N–H and O–H groups in total. The second kappa shape index (κ2) is 8.54. The van der Waals surface area contributed by atoms with Crippen LogP contribution in [0.5, 0.6) is 0 Å². The van der Waals surface area contributed by atoms with Crippen LogP contribution in [0.3, 0.4) is 0 Å². The van der Waals surface area contributed by atoms with E-state index in [1.807, 2.05) is 41.8 Å². The number of halogens is 2. The number of nitrogens with one attached hydrogen (secondary N) is 1. The molecule has 0 fully saturated rings. The largest absolute Gasteiger partial charge is 0.325 e. The fourth-order valence-electron chi connectivity index (χ4n) is 2.49. The first kappa shape index (κ1) is 19.4. The van der Waals surface area contributed by atoms with Gasteiger partial charge in [0.1, 0.15) is 5.82 Å². The fraction of sp³-hybridized carbons (Fsp3) is 0.211. The molecular formula is C19H18ClFN4OS. The highest BCUT2D eigenvalue weighted by Crippen LogP contribution is 2.27. The summed E-state index contributed by atoms with van der Waals surface area (Å²) >= 11 is 7.07. The van der Waals surface area contributed by atoms with Crippen LogP contribution in [0, 0.1) is 5.82 Å². The summed E-state index contributed by atoms with van der Waals surface area (Å²) in [5.74, 6) is 0.00897. The van der Waals surface area contributed by atoms with Gasteiger partial charge in [0.2, 0.25) is 5.91 Å². The number of hydrogen-bond donors (Lipinski definition) is 1. The van der Waals surface area contributed by atoms with Crippen LogP contribution in [0.2, 0.25) is 5.02 Å². The smallest absolute Gasteiger partial charge is 0.237 e. The lowest BCUT2D eigenvalue weighted by atomic mass is 10.2. The van der Waals surface area contributed by atoms with Crippen LogP contribution < -0.4 is 5.32 Å². The van der Waals surface area contributed by atoms with Gasteiger partial charge in [-0.3, -0.25) is 4.79 Å². The number of rotatable bonds is 6. The summed E-state index contributed by atoms with van der Waals surface area (Å²) in [5.41, 5.74) is 1.41. The summed E-state index contributed by atoms with van der Waals surface area (Å²) in [6.45, 7) is 4.47. The molecule has 1 atom stereocenters. The summed E-state index contributed by atoms with van der Waals surface area (Å²) in [5, 5.41) is 11.5. The minimum atomic E-state index is -0.526. The van der Waals surface area contributed by atoms with E-state index in [-0.39, 0.29) is 10.9 Å². The molecule has 3 rings (SSSR count). The first-order valence-electron chi connectivity index (χ1n) is 8.40. The van der Waals surface area contributed by atoms with Gasteiger partial charge in [-0.2, -0.15) is 0 Å². The monoisotopic (exact) mass is 404 g/mol. The molecule has 0 bridgehead atoms. The maximum atomic E-state index is 13.2. The van der Waals surface area contributed by atoms with Crippen molar-refractivity contribution in [2.24, 2.45) is 0 Å². The summed E-state index contributed by atoms with van der Waals surface area (Å²) in [6, 6.07) is 13.8. The molecule has 1 heterocycles. The molecule has 0 aliphatic carbocycles. The lowest BCUT2D eigenvalue weighted by Crippen LogP contribution is -2.23. The van der Waals surface area contributed by atoms with Crippen molar-refractivity contribution in [2.45, 2.75) is 30.8 Å². The van der Waals surface area contributed by atoms with Crippen molar-refractivity contribution in [1.29, 1.82) is 0 Å². The van der Waals surface area contributed by atoms with Gasteiger partial charge in [0.25, 0.3) is 0 Å². The number of amides is 1. The van der Waals surface area contributed by atoms with Crippen molar-refractivity contribution in [3.8, 4) is 11.4 Å². The Balaban J connectivity index is 1.73. The third-order valence-electron chi connectivity index (χ3n) is 3.90. The number of carbonyl (C=O) groups is 1. The zero-order chi connectivity index (χ0) is 19.4. The van der Waals surface area contributed by atoms with E-state index in [0.717, 1.165) is 11.4 Å². The van der Waals surface area contributed by atoms with Crippen LogP contribution in [0.25, 0.3) is 11.4 Å². The van der Waals surface area contributed by atoms with Crippen LogP contribution >= 0.6 is 23.4 Å². The quantitative estimate of drug-likeness (QED) is 0.595. The molecule has 3 aromatic rings. The Bertz CT molecular complexity index is 948. The number of nitrogens with zero attached hydrogens (tertiary/aromatic N) is 3. The Morgan fingerprint density at radius 1 is 1.26 bits per heavy atom. The van der Waals surface area contributed by atoms with E-state index in [9.17, 15) is 9.18 Å². The van der Waals surface area contributed by atoms with E-state index < -0.39 is 11.1 Å². The number of anilines is 1. The van der Waals surface area contributed by atoms with Crippen molar-refractivity contribution in [1.82, 2.24) is 14.8 Å². The third kappa shape index (κ3) is 4.48. The number of carbonyl (C=O) groups excluding carboxylic acids is 1. The minimum Gasteiger partial charge on any atom is -0.325 e. The maximum absolute atomic E-state index is 13.2. The van der Waals surface area contributed by atoms with E-state index in [1.54, 1.807) is 6.92 Å². The molecule has 0 unspecified atom stereocenters. The number of benzene rings is 2. The summed E-state index contributed by atoms with van der Waals surface area (Å²) in [7, 11) is 0. The maximum Gasteiger partial charge on any atom is 0.237 e. The zero-order valence-electron chi connectivity index (χ0n) is 14.8. The first-order valence-corrected chi connectivity index (χ1v) is 9.66. The predicted octanol–water partition coefficient (Wildman–Crippen LogP) is 4.88. The zero-order valence-corrected chi connectivity index (χ0v) is 16.4. The van der Waals surface area contributed by atoms with Crippen LogP contribution in [-0.2, 0) is 11.3 Å². The van der Waals surface area contributed by atoms with Gasteiger partial charge in [-0.25, -0.2) is 4.39 Å². The summed E-state index contributed by atoms with van der Waals surface area (Å²) in [4.78, 5) is 12.5. The van der Waals surface area contributed by atoms with Crippen LogP contribution in [0.4, 0.5) is 10.1 Å². The van der Waals surface area contributed by atoms with Crippen molar-refractivity contribution >= 4 is 35.0 Å². The van der Waals surface area contributed by atoms with E-state index in [1.165, 1.54) is 30.0 Å². The van der Waals surface area contributed by atoms with Gasteiger partial charge in [0.15, 0.2) is 11.0 Å². The van der Waals surface area contributed by atoms with Gasteiger partial charge < -0.3 is 9.88 Å². The van der Waals surface area contributed by atoms with Crippen molar-refractivity contribution in [2.75, 3.05) is 5.32 Å². The molecular weight excluding hydrogens is 387 g/mol. The van der Waals surface area contributed by atoms with Gasteiger partial charge in [-0.15, -0.1) is 10.2 Å². The molecule has 0 spiro atoms. The molecule has 1 aromatic heterocycles. The molecule has 27 heavy (non-hydrogen) atoms. The van der Waals surface area contributed by atoms with Crippen molar-refractivity contribution < 1.29 is 9.18 Å². The predicted molar refractivity (Wildman–Crippen MR) is 106 cm³/mol. The Labute approximate surface area is 166 Å². The Kier molecular flexibility index (Phi) is 6.13. The van der Waals surface area contributed by atoms with Crippen LogP contribution in [0.15, 0.2) is 53.7 Å². The number of hydrogen-bond acceptors (Lipinski definition) is 4. The van der Waals surface area contributed by atoms with Gasteiger partial charge in [-0.05, 0) is 32.0 Å². The standard InChI is InChI=1S/C19H18ClFN4OS/c1-3-25-17(13-7-5-4-6-8-13)23-24-19(25)27-12(2)18(26)22-14-9-10-16(21)15(20)11-14/h4-12H,3H2,1-2H3,(H,22,26)/t12-/m1/s1. The average Bonchev–Trinajstić information content (AvgIpc) is 3.08. The molecule has 5 nitrogen and oxygen atoms in total. The molecule has 0 radical (unpaired) electrons. The van der Waals surface area contributed by atoms with E-state index >= 15 is 0 Å². The second-order valence-corrected chi connectivity index (χ2v) is 7.51. The average molecular weight is 405 g/mol. The van der Waals surface area contributed by atoms with E-state index in [0.29, 0.717) is 17.4 Å². The molecule has 2 aromatic carbocycles. The van der Waals surface area contributed by atoms with Gasteiger partial charge in [0, 0.05) is 17.8 Å². The molecule has 0 aliphatic heterocycles. The summed E-state index contributed by atoms with van der Waals surface area (Å²) in [6.07, 6.45) is 0. The van der Waals surface area contributed by atoms with Gasteiger partial charge in [-0.1, -0.05) is 53.7 Å². The fourth-order valence-corrected chi connectivity index (χ4v) is 3.58. The molecule has 0 saturated carbocycles. The van der Waals surface area contributed by atoms with Crippen LogP contribution in [-0.4, -0.2) is 25.9 Å². The Morgan fingerprint density at radius 3 is 2.67 bits per heavy atom. The molecule has 140 valence electrons. The lowest BCUT2D eigenvalue weighted by Gasteiger charge is -2.13. The SMILES string of the molecule is CCn1c(S[C@H](C)C(=O)Nc2ccc(F)c(Cl)c2)nnc1-c1ccccc1. The van der Waals surface area contributed by atoms with Crippen LogP contribution in [0.1, 0.15) is 13.8 Å². The molecule has 0 saturated heterocycles. The topological polar surface area (TPSA) is 59.8 Å². The number of aromatic nitrogens is 3. The number of thioether (sulfide) groups is 1. The first-order chi connectivity index (χ1) is 13.0. The molecule has 0 aliphatic rings. The highest BCUT2D eigenvalue weighted by Gasteiger charge is 2.20.